The molecule has 0 aromatic carbocycles. The minimum absolute atomic E-state index is 0.431. The molecule has 0 amide bonds. The van der Waals surface area contributed by atoms with Gasteiger partial charge in [0.15, 0.2) is 5.89 Å². The third-order valence-corrected chi connectivity index (χ3v) is 1.85. The first-order chi connectivity index (χ1) is 5.09. The van der Waals surface area contributed by atoms with E-state index in [1.165, 1.54) is 0 Å². The lowest BCUT2D eigenvalue weighted by Gasteiger charge is -1.95. The van der Waals surface area contributed by atoms with Gasteiger partial charge >= 0.3 is 0 Å². The number of hydrogen-bond donors (Lipinski definition) is 0. The van der Waals surface area contributed by atoms with Crippen LogP contribution in [0.4, 0.5) is 0 Å². The topological polar surface area (TPSA) is 26.0 Å². The van der Waals surface area contributed by atoms with E-state index in [1.807, 2.05) is 13.8 Å². The van der Waals surface area contributed by atoms with E-state index >= 15 is 0 Å². The van der Waals surface area contributed by atoms with Gasteiger partial charge in [-0.1, -0.05) is 22.9 Å². The van der Waals surface area contributed by atoms with E-state index in [1.54, 1.807) is 0 Å². The molecular formula is C8H12BrNO. The monoisotopic (exact) mass is 217 g/mol. The summed E-state index contributed by atoms with van der Waals surface area (Å²) in [5, 5.41) is 0. The third kappa shape index (κ3) is 2.33. The summed E-state index contributed by atoms with van der Waals surface area (Å²) in [7, 11) is 0. The van der Waals surface area contributed by atoms with Crippen LogP contribution in [0.5, 0.6) is 0 Å². The van der Waals surface area contributed by atoms with E-state index in [2.05, 4.69) is 27.8 Å². The van der Waals surface area contributed by atoms with Crippen molar-refractivity contribution in [2.24, 2.45) is 0 Å². The molecule has 1 unspecified atom stereocenters. The Morgan fingerprint density at radius 3 is 2.55 bits per heavy atom. The molecule has 11 heavy (non-hydrogen) atoms. The molecule has 0 aliphatic heterocycles. The van der Waals surface area contributed by atoms with Gasteiger partial charge in [0.25, 0.3) is 0 Å². The molecular weight excluding hydrogens is 206 g/mol. The maximum atomic E-state index is 5.38. The number of alkyl halides is 1. The van der Waals surface area contributed by atoms with E-state index < -0.39 is 0 Å². The second-order valence-electron chi connectivity index (χ2n) is 2.73. The Balaban J connectivity index is 2.73. The van der Waals surface area contributed by atoms with Gasteiger partial charge in [-0.2, -0.15) is 0 Å². The van der Waals surface area contributed by atoms with Gasteiger partial charge in [0.2, 0.25) is 0 Å². The van der Waals surface area contributed by atoms with Crippen molar-refractivity contribution in [2.45, 2.75) is 32.0 Å². The standard InChI is InChI=1S/C8H12BrNO/c1-5(9)4-8-10-6(2)7(3)11-8/h5H,4H2,1-3H3. The zero-order chi connectivity index (χ0) is 8.43. The summed E-state index contributed by atoms with van der Waals surface area (Å²) in [6, 6.07) is 0. The van der Waals surface area contributed by atoms with Crippen LogP contribution >= 0.6 is 15.9 Å². The largest absolute Gasteiger partial charge is 0.446 e. The molecule has 1 aromatic heterocycles. The molecule has 0 radical (unpaired) electrons. The van der Waals surface area contributed by atoms with Gasteiger partial charge in [-0.15, -0.1) is 0 Å². The highest BCUT2D eigenvalue weighted by atomic mass is 79.9. The van der Waals surface area contributed by atoms with Crippen LogP contribution < -0.4 is 0 Å². The summed E-state index contributed by atoms with van der Waals surface area (Å²) in [4.78, 5) is 4.68. The quantitative estimate of drug-likeness (QED) is 0.713. The minimum Gasteiger partial charge on any atom is -0.446 e. The Kier molecular flexibility index (Phi) is 2.71. The minimum atomic E-state index is 0.431. The van der Waals surface area contributed by atoms with E-state index in [-0.39, 0.29) is 0 Å². The maximum absolute atomic E-state index is 5.38. The summed E-state index contributed by atoms with van der Waals surface area (Å²) in [6.45, 7) is 5.97. The average Bonchev–Trinajstić information content (AvgIpc) is 2.10. The Morgan fingerprint density at radius 2 is 2.18 bits per heavy atom. The summed E-state index contributed by atoms with van der Waals surface area (Å²) in [5.74, 6) is 1.75. The van der Waals surface area contributed by atoms with E-state index in [9.17, 15) is 0 Å². The van der Waals surface area contributed by atoms with Crippen LogP contribution in [0.1, 0.15) is 24.3 Å². The molecule has 0 spiro atoms. The molecule has 0 fully saturated rings. The highest BCUT2D eigenvalue weighted by Gasteiger charge is 2.07. The molecule has 0 saturated heterocycles. The number of oxazole rings is 1. The lowest BCUT2D eigenvalue weighted by molar-refractivity contribution is 0.470. The number of aromatic nitrogens is 1. The van der Waals surface area contributed by atoms with Gasteiger partial charge in [0.1, 0.15) is 5.76 Å². The molecule has 2 nitrogen and oxygen atoms in total. The van der Waals surface area contributed by atoms with E-state index in [0.717, 1.165) is 23.8 Å². The highest BCUT2D eigenvalue weighted by molar-refractivity contribution is 9.09. The molecule has 0 bridgehead atoms. The first kappa shape index (κ1) is 8.78. The second kappa shape index (κ2) is 3.39. The number of nitrogens with zero attached hydrogens (tertiary/aromatic N) is 1. The molecule has 1 aromatic rings. The lowest BCUT2D eigenvalue weighted by atomic mass is 10.3. The highest BCUT2D eigenvalue weighted by Crippen LogP contribution is 2.12. The molecule has 0 aliphatic carbocycles. The number of aryl methyl sites for hydroxylation is 2. The molecule has 1 atom stereocenters. The van der Waals surface area contributed by atoms with Crippen LogP contribution in [0.15, 0.2) is 4.42 Å². The smallest absolute Gasteiger partial charge is 0.195 e. The van der Waals surface area contributed by atoms with Crippen molar-refractivity contribution in [1.82, 2.24) is 4.98 Å². The van der Waals surface area contributed by atoms with E-state index in [4.69, 9.17) is 4.42 Å². The molecule has 1 heterocycles. The Hall–Kier alpha value is -0.310. The Labute approximate surface area is 75.1 Å². The van der Waals surface area contributed by atoms with Crippen molar-refractivity contribution in [3.05, 3.63) is 17.3 Å². The number of halogens is 1. The van der Waals surface area contributed by atoms with Gasteiger partial charge in [0, 0.05) is 11.2 Å². The zero-order valence-electron chi connectivity index (χ0n) is 7.02. The maximum Gasteiger partial charge on any atom is 0.195 e. The van der Waals surface area contributed by atoms with Crippen molar-refractivity contribution in [3.8, 4) is 0 Å². The van der Waals surface area contributed by atoms with Gasteiger partial charge in [-0.25, -0.2) is 4.98 Å². The summed E-state index contributed by atoms with van der Waals surface area (Å²) in [6.07, 6.45) is 0.856. The van der Waals surface area contributed by atoms with Gasteiger partial charge in [0.05, 0.1) is 5.69 Å². The zero-order valence-corrected chi connectivity index (χ0v) is 8.60. The van der Waals surface area contributed by atoms with Crippen molar-refractivity contribution in [2.75, 3.05) is 0 Å². The van der Waals surface area contributed by atoms with Crippen LogP contribution in [0.3, 0.4) is 0 Å². The Bertz CT molecular complexity index is 223. The van der Waals surface area contributed by atoms with Crippen molar-refractivity contribution < 1.29 is 4.42 Å². The third-order valence-electron chi connectivity index (χ3n) is 1.53. The SMILES string of the molecule is Cc1nc(CC(C)Br)oc1C. The summed E-state index contributed by atoms with van der Waals surface area (Å²) < 4.78 is 5.38. The van der Waals surface area contributed by atoms with Crippen molar-refractivity contribution in [1.29, 1.82) is 0 Å². The first-order valence-corrected chi connectivity index (χ1v) is 4.58. The fraction of sp³-hybridized carbons (Fsp3) is 0.625. The van der Waals surface area contributed by atoms with Crippen LogP contribution in [-0.2, 0) is 6.42 Å². The summed E-state index contributed by atoms with van der Waals surface area (Å²) >= 11 is 3.44. The first-order valence-electron chi connectivity index (χ1n) is 3.66. The molecule has 0 saturated carbocycles. The lowest BCUT2D eigenvalue weighted by Crippen LogP contribution is -1.96. The van der Waals surface area contributed by atoms with Crippen LogP contribution in [-0.4, -0.2) is 9.81 Å². The van der Waals surface area contributed by atoms with Crippen molar-refractivity contribution >= 4 is 15.9 Å². The fourth-order valence-electron chi connectivity index (χ4n) is 0.867. The molecule has 62 valence electrons. The fourth-order valence-corrected chi connectivity index (χ4v) is 1.14. The van der Waals surface area contributed by atoms with E-state index in [0.29, 0.717) is 4.83 Å². The van der Waals surface area contributed by atoms with Crippen LogP contribution in [0, 0.1) is 13.8 Å². The predicted octanol–water partition coefficient (Wildman–Crippen LogP) is 2.62. The normalized spacial score (nSPS) is 13.5. The molecule has 1 rings (SSSR count). The number of hydrogen-bond acceptors (Lipinski definition) is 2. The Morgan fingerprint density at radius 1 is 1.55 bits per heavy atom. The summed E-state index contributed by atoms with van der Waals surface area (Å²) in [5.41, 5.74) is 0.994. The second-order valence-corrected chi connectivity index (χ2v) is 4.30. The van der Waals surface area contributed by atoms with Gasteiger partial charge in [-0.3, -0.25) is 0 Å². The van der Waals surface area contributed by atoms with Gasteiger partial charge in [-0.05, 0) is 13.8 Å². The van der Waals surface area contributed by atoms with Crippen molar-refractivity contribution in [3.63, 3.8) is 0 Å². The molecule has 0 aliphatic rings. The van der Waals surface area contributed by atoms with Gasteiger partial charge < -0.3 is 4.42 Å². The molecule has 0 N–H and O–H groups in total. The average molecular weight is 218 g/mol. The van der Waals surface area contributed by atoms with Crippen LogP contribution in [0.25, 0.3) is 0 Å². The predicted molar refractivity (Wildman–Crippen MR) is 48.1 cm³/mol. The molecule has 3 heteroatoms. The number of rotatable bonds is 2. The van der Waals surface area contributed by atoms with Crippen LogP contribution in [0.2, 0.25) is 0 Å².